The van der Waals surface area contributed by atoms with E-state index in [4.69, 9.17) is 5.11 Å². The maximum Gasteiger partial charge on any atom is 0.242 e. The third kappa shape index (κ3) is 4.82. The van der Waals surface area contributed by atoms with Crippen LogP contribution in [0.15, 0.2) is 18.5 Å². The molecule has 106 valence electrons. The molecule has 0 aliphatic carbocycles. The number of aliphatic hydroxyl groups is 1. The average Bonchev–Trinajstić information content (AvgIpc) is 2.39. The van der Waals surface area contributed by atoms with Crippen molar-refractivity contribution < 1.29 is 9.90 Å². The van der Waals surface area contributed by atoms with Gasteiger partial charge >= 0.3 is 0 Å². The SMILES string of the molecule is CC(C)N(CCCO)C(=O)CN(C)c1ncccn1. The fourth-order valence-corrected chi connectivity index (χ4v) is 1.76. The van der Waals surface area contributed by atoms with Crippen molar-refractivity contribution >= 4 is 11.9 Å². The molecule has 0 fully saturated rings. The van der Waals surface area contributed by atoms with Gasteiger partial charge in [-0.1, -0.05) is 0 Å². The Bertz CT molecular complexity index is 383. The number of likely N-dealkylation sites (N-methyl/N-ethyl adjacent to an activating group) is 1. The quantitative estimate of drug-likeness (QED) is 0.779. The number of anilines is 1. The number of rotatable bonds is 7. The maximum absolute atomic E-state index is 12.2. The molecule has 0 atom stereocenters. The van der Waals surface area contributed by atoms with E-state index in [2.05, 4.69) is 9.97 Å². The summed E-state index contributed by atoms with van der Waals surface area (Å²) in [4.78, 5) is 23.9. The van der Waals surface area contributed by atoms with Crippen molar-refractivity contribution in [1.82, 2.24) is 14.9 Å². The van der Waals surface area contributed by atoms with Crippen LogP contribution in [-0.2, 0) is 4.79 Å². The molecule has 1 heterocycles. The van der Waals surface area contributed by atoms with Gasteiger partial charge in [-0.3, -0.25) is 4.79 Å². The van der Waals surface area contributed by atoms with Crippen LogP contribution in [0.3, 0.4) is 0 Å². The first-order valence-corrected chi connectivity index (χ1v) is 6.44. The summed E-state index contributed by atoms with van der Waals surface area (Å²) in [7, 11) is 1.79. The van der Waals surface area contributed by atoms with Crippen molar-refractivity contribution in [3.8, 4) is 0 Å². The number of aromatic nitrogens is 2. The van der Waals surface area contributed by atoms with Crippen LogP contribution in [0.4, 0.5) is 5.95 Å². The van der Waals surface area contributed by atoms with E-state index in [-0.39, 0.29) is 25.1 Å². The molecular weight excluding hydrogens is 244 g/mol. The minimum Gasteiger partial charge on any atom is -0.396 e. The molecule has 6 nitrogen and oxygen atoms in total. The van der Waals surface area contributed by atoms with Crippen molar-refractivity contribution in [2.75, 3.05) is 31.6 Å². The number of aliphatic hydroxyl groups excluding tert-OH is 1. The van der Waals surface area contributed by atoms with Gasteiger partial charge in [-0.05, 0) is 26.3 Å². The first-order chi connectivity index (χ1) is 9.06. The fourth-order valence-electron chi connectivity index (χ4n) is 1.76. The molecule has 0 radical (unpaired) electrons. The van der Waals surface area contributed by atoms with Crippen molar-refractivity contribution in [3.63, 3.8) is 0 Å². The minimum atomic E-state index is 0.0124. The summed E-state index contributed by atoms with van der Waals surface area (Å²) in [6, 6.07) is 1.85. The van der Waals surface area contributed by atoms with E-state index in [1.807, 2.05) is 13.8 Å². The molecule has 0 bridgehead atoms. The molecular formula is C13H22N4O2. The standard InChI is InChI=1S/C13H22N4O2/c1-11(2)17(8-5-9-18)12(19)10-16(3)13-14-6-4-7-15-13/h4,6-7,11,18H,5,8-10H2,1-3H3. The van der Waals surface area contributed by atoms with Crippen LogP contribution in [0.25, 0.3) is 0 Å². The Morgan fingerprint density at radius 1 is 1.37 bits per heavy atom. The van der Waals surface area contributed by atoms with Gasteiger partial charge in [0.05, 0.1) is 6.54 Å². The minimum absolute atomic E-state index is 0.0124. The van der Waals surface area contributed by atoms with Crippen molar-refractivity contribution in [2.24, 2.45) is 0 Å². The van der Waals surface area contributed by atoms with E-state index in [0.29, 0.717) is 18.9 Å². The third-order valence-corrected chi connectivity index (χ3v) is 2.77. The summed E-state index contributed by atoms with van der Waals surface area (Å²) in [6.45, 7) is 4.82. The van der Waals surface area contributed by atoms with E-state index in [9.17, 15) is 4.79 Å². The molecule has 0 saturated heterocycles. The Labute approximate surface area is 114 Å². The van der Waals surface area contributed by atoms with Crippen LogP contribution < -0.4 is 4.90 Å². The molecule has 0 unspecified atom stereocenters. The van der Waals surface area contributed by atoms with Gasteiger partial charge in [0, 0.05) is 38.6 Å². The second-order valence-corrected chi connectivity index (χ2v) is 4.66. The zero-order valence-corrected chi connectivity index (χ0v) is 11.8. The van der Waals surface area contributed by atoms with Crippen LogP contribution in [0.5, 0.6) is 0 Å². The lowest BCUT2D eigenvalue weighted by Gasteiger charge is -2.28. The number of nitrogens with zero attached hydrogens (tertiary/aromatic N) is 4. The summed E-state index contributed by atoms with van der Waals surface area (Å²) < 4.78 is 0. The summed E-state index contributed by atoms with van der Waals surface area (Å²) in [6.07, 6.45) is 3.89. The lowest BCUT2D eigenvalue weighted by Crippen LogP contribution is -2.43. The van der Waals surface area contributed by atoms with E-state index in [1.54, 1.807) is 35.3 Å². The van der Waals surface area contributed by atoms with Gasteiger partial charge in [0.2, 0.25) is 11.9 Å². The Kier molecular flexibility index (Phi) is 6.21. The highest BCUT2D eigenvalue weighted by Gasteiger charge is 2.18. The van der Waals surface area contributed by atoms with Crippen LogP contribution in [0, 0.1) is 0 Å². The monoisotopic (exact) mass is 266 g/mol. The van der Waals surface area contributed by atoms with Gasteiger partial charge in [0.15, 0.2) is 0 Å². The Morgan fingerprint density at radius 2 is 2.00 bits per heavy atom. The molecule has 1 N–H and O–H groups in total. The summed E-state index contributed by atoms with van der Waals surface area (Å²) in [5.74, 6) is 0.542. The molecule has 0 aromatic carbocycles. The maximum atomic E-state index is 12.2. The van der Waals surface area contributed by atoms with E-state index in [0.717, 1.165) is 0 Å². The number of amides is 1. The van der Waals surface area contributed by atoms with Crippen molar-refractivity contribution in [3.05, 3.63) is 18.5 Å². The number of hydrogen-bond donors (Lipinski definition) is 1. The predicted molar refractivity (Wildman–Crippen MR) is 73.9 cm³/mol. The van der Waals surface area contributed by atoms with Gasteiger partial charge in [-0.25, -0.2) is 9.97 Å². The molecule has 1 amide bonds. The van der Waals surface area contributed by atoms with Crippen LogP contribution in [0.1, 0.15) is 20.3 Å². The topological polar surface area (TPSA) is 69.6 Å². The predicted octanol–water partition coefficient (Wildman–Crippen LogP) is 0.532. The highest BCUT2D eigenvalue weighted by Crippen LogP contribution is 2.05. The average molecular weight is 266 g/mol. The van der Waals surface area contributed by atoms with Crippen LogP contribution in [0.2, 0.25) is 0 Å². The van der Waals surface area contributed by atoms with E-state index < -0.39 is 0 Å². The zero-order chi connectivity index (χ0) is 14.3. The molecule has 1 rings (SSSR count). The van der Waals surface area contributed by atoms with Gasteiger partial charge in [-0.2, -0.15) is 0 Å². The Balaban J connectivity index is 2.61. The number of carbonyl (C=O) groups excluding carboxylic acids is 1. The molecule has 0 saturated carbocycles. The highest BCUT2D eigenvalue weighted by atomic mass is 16.3. The molecule has 1 aromatic heterocycles. The Morgan fingerprint density at radius 3 is 2.53 bits per heavy atom. The second kappa shape index (κ2) is 7.68. The van der Waals surface area contributed by atoms with Crippen molar-refractivity contribution in [2.45, 2.75) is 26.3 Å². The van der Waals surface area contributed by atoms with Gasteiger partial charge in [0.1, 0.15) is 0 Å². The van der Waals surface area contributed by atoms with E-state index in [1.165, 1.54) is 0 Å². The van der Waals surface area contributed by atoms with Crippen molar-refractivity contribution in [1.29, 1.82) is 0 Å². The molecule has 0 aliphatic heterocycles. The summed E-state index contributed by atoms with van der Waals surface area (Å²) in [5.41, 5.74) is 0. The normalized spacial score (nSPS) is 10.6. The molecule has 1 aromatic rings. The smallest absolute Gasteiger partial charge is 0.242 e. The van der Waals surface area contributed by atoms with Gasteiger partial charge in [0.25, 0.3) is 0 Å². The van der Waals surface area contributed by atoms with E-state index >= 15 is 0 Å². The third-order valence-electron chi connectivity index (χ3n) is 2.77. The van der Waals surface area contributed by atoms with Crippen LogP contribution in [-0.4, -0.2) is 58.7 Å². The zero-order valence-electron chi connectivity index (χ0n) is 11.8. The first kappa shape index (κ1) is 15.4. The summed E-state index contributed by atoms with van der Waals surface area (Å²) >= 11 is 0. The highest BCUT2D eigenvalue weighted by molar-refractivity contribution is 5.81. The lowest BCUT2D eigenvalue weighted by atomic mass is 10.2. The second-order valence-electron chi connectivity index (χ2n) is 4.66. The molecule has 0 spiro atoms. The number of hydrogen-bond acceptors (Lipinski definition) is 5. The van der Waals surface area contributed by atoms with Gasteiger partial charge in [-0.15, -0.1) is 0 Å². The molecule has 19 heavy (non-hydrogen) atoms. The lowest BCUT2D eigenvalue weighted by molar-refractivity contribution is -0.131. The fraction of sp³-hybridized carbons (Fsp3) is 0.615. The first-order valence-electron chi connectivity index (χ1n) is 6.44. The largest absolute Gasteiger partial charge is 0.396 e. The Hall–Kier alpha value is -1.69. The number of carbonyl (C=O) groups is 1. The van der Waals surface area contributed by atoms with Crippen LogP contribution >= 0.6 is 0 Å². The molecule has 0 aliphatic rings. The molecule has 6 heteroatoms. The van der Waals surface area contributed by atoms with Gasteiger partial charge < -0.3 is 14.9 Å². The summed E-state index contributed by atoms with van der Waals surface area (Å²) in [5, 5.41) is 8.87.